The van der Waals surface area contributed by atoms with Gasteiger partial charge in [0.1, 0.15) is 31.1 Å². The van der Waals surface area contributed by atoms with Crippen molar-refractivity contribution in [2.75, 3.05) is 4.90 Å². The van der Waals surface area contributed by atoms with Crippen LogP contribution >= 0.6 is 23.5 Å². The van der Waals surface area contributed by atoms with Crippen molar-refractivity contribution in [3.63, 3.8) is 0 Å². The lowest BCUT2D eigenvalue weighted by Crippen LogP contribution is -2.56. The summed E-state index contributed by atoms with van der Waals surface area (Å²) in [5, 5.41) is 2.68. The number of ether oxygens (including phenoxy) is 2. The summed E-state index contributed by atoms with van der Waals surface area (Å²) in [7, 11) is -1.97. The molecule has 0 unspecified atom stereocenters. The summed E-state index contributed by atoms with van der Waals surface area (Å²) in [6.45, 7) is 9.56. The van der Waals surface area contributed by atoms with Crippen LogP contribution in [0.5, 0.6) is 23.0 Å². The molecule has 0 fully saturated rings. The molecular weight excluding hydrogens is 847 g/mol. The lowest BCUT2D eigenvalue weighted by Gasteiger charge is -2.35. The standard InChI is InChI=1S/C59H45NO2S2Si/c1-59(2)47-17-5-8-21-51(47)64-58-46(16-11-18-48(58)59)40-30-36-43(37-31-40)60(41-32-26-38(27-33-41)44-14-12-23-53-56(44)61-49-19-6-9-22-52(49)63-53)42-34-28-39(29-35-42)45-15-13-25-55-57(45)62-50-20-7-10-24-54(50)65(55,3)4/h5-37H,1-4H3. The molecule has 0 atom stereocenters. The number of hydrogen-bond donors (Lipinski definition) is 0. The molecule has 12 rings (SSSR count). The molecule has 6 heteroatoms. The fourth-order valence-electron chi connectivity index (χ4n) is 9.98. The zero-order chi connectivity index (χ0) is 43.9. The maximum absolute atomic E-state index is 6.74. The third-order valence-electron chi connectivity index (χ3n) is 13.5. The Labute approximate surface area is 390 Å². The molecule has 0 aliphatic carbocycles. The molecule has 0 bridgehead atoms. The number of hydrogen-bond acceptors (Lipinski definition) is 5. The number of anilines is 3. The molecule has 314 valence electrons. The topological polar surface area (TPSA) is 21.7 Å². The Morgan fingerprint density at radius 3 is 1.57 bits per heavy atom. The van der Waals surface area contributed by atoms with E-state index in [2.05, 4.69) is 220 Å². The predicted octanol–water partition coefficient (Wildman–Crippen LogP) is 16.1. The van der Waals surface area contributed by atoms with Gasteiger partial charge in [0.25, 0.3) is 0 Å². The molecular formula is C59H45NO2S2Si. The fourth-order valence-corrected chi connectivity index (χ4v) is 15.3. The van der Waals surface area contributed by atoms with E-state index in [0.717, 1.165) is 72.1 Å². The molecule has 9 aromatic rings. The van der Waals surface area contributed by atoms with Gasteiger partial charge in [-0.05, 0) is 110 Å². The summed E-state index contributed by atoms with van der Waals surface area (Å²) in [6, 6.07) is 72.6. The van der Waals surface area contributed by atoms with Crippen LogP contribution in [0.15, 0.2) is 220 Å². The quantitative estimate of drug-likeness (QED) is 0.155. The van der Waals surface area contributed by atoms with Gasteiger partial charge >= 0.3 is 0 Å². The number of nitrogens with zero attached hydrogens (tertiary/aromatic N) is 1. The van der Waals surface area contributed by atoms with E-state index in [9.17, 15) is 0 Å². The van der Waals surface area contributed by atoms with E-state index < -0.39 is 8.07 Å². The van der Waals surface area contributed by atoms with Crippen LogP contribution in [0.4, 0.5) is 17.1 Å². The number of benzene rings is 9. The van der Waals surface area contributed by atoms with Gasteiger partial charge in [-0.15, -0.1) is 0 Å². The van der Waals surface area contributed by atoms with Crippen LogP contribution in [0.2, 0.25) is 13.1 Å². The summed E-state index contributed by atoms with van der Waals surface area (Å²) in [6.07, 6.45) is 0. The second-order valence-corrected chi connectivity index (χ2v) is 24.5. The van der Waals surface area contributed by atoms with Crippen molar-refractivity contribution in [2.24, 2.45) is 0 Å². The third-order valence-corrected chi connectivity index (χ3v) is 19.3. The van der Waals surface area contributed by atoms with Gasteiger partial charge < -0.3 is 14.4 Å². The summed E-state index contributed by atoms with van der Waals surface area (Å²) in [5.74, 6) is 3.77. The van der Waals surface area contributed by atoms with E-state index in [0.29, 0.717) is 0 Å². The first kappa shape index (κ1) is 39.9. The number of fused-ring (bicyclic) bond motifs is 6. The van der Waals surface area contributed by atoms with Crippen LogP contribution in [-0.4, -0.2) is 8.07 Å². The van der Waals surface area contributed by atoms with Gasteiger partial charge in [0.2, 0.25) is 0 Å². The predicted molar refractivity (Wildman–Crippen MR) is 274 cm³/mol. The highest BCUT2D eigenvalue weighted by Gasteiger charge is 2.38. The van der Waals surface area contributed by atoms with Crippen molar-refractivity contribution in [3.8, 4) is 56.4 Å². The third kappa shape index (κ3) is 6.65. The first-order valence-corrected chi connectivity index (χ1v) is 26.9. The van der Waals surface area contributed by atoms with Crippen molar-refractivity contribution in [1.29, 1.82) is 0 Å². The lowest BCUT2D eigenvalue weighted by atomic mass is 9.77. The van der Waals surface area contributed by atoms with Crippen LogP contribution in [0, 0.1) is 0 Å². The SMILES string of the molecule is CC1(C)c2ccccc2Sc2c(-c3ccc(N(c4ccc(-c5cccc6c5Oc5ccccc5S6)cc4)c4ccc(-c5cccc6c5Oc5ccccc5[Si]6(C)C)cc4)cc3)cccc21. The highest BCUT2D eigenvalue weighted by Crippen LogP contribution is 2.53. The van der Waals surface area contributed by atoms with Crippen molar-refractivity contribution < 1.29 is 9.47 Å². The lowest BCUT2D eigenvalue weighted by molar-refractivity contribution is 0.456. The van der Waals surface area contributed by atoms with Gasteiger partial charge in [0.15, 0.2) is 0 Å². The average molecular weight is 892 g/mol. The zero-order valence-electron chi connectivity index (χ0n) is 36.6. The van der Waals surface area contributed by atoms with Crippen molar-refractivity contribution in [3.05, 3.63) is 211 Å². The van der Waals surface area contributed by atoms with Crippen LogP contribution in [0.1, 0.15) is 25.0 Å². The molecule has 9 aromatic carbocycles. The highest BCUT2D eigenvalue weighted by molar-refractivity contribution is 8.00. The monoisotopic (exact) mass is 891 g/mol. The first-order chi connectivity index (χ1) is 31.7. The molecule has 3 aliphatic rings. The molecule has 0 spiro atoms. The fraction of sp³-hybridized carbons (Fsp3) is 0.0847. The molecule has 0 saturated heterocycles. The molecule has 3 heterocycles. The Bertz CT molecular complexity index is 3170. The summed E-state index contributed by atoms with van der Waals surface area (Å²) in [4.78, 5) is 7.28. The Kier molecular flexibility index (Phi) is 9.49. The minimum atomic E-state index is -1.97. The molecule has 3 aliphatic heterocycles. The number of rotatable bonds is 6. The van der Waals surface area contributed by atoms with Crippen molar-refractivity contribution in [1.82, 2.24) is 0 Å². The maximum atomic E-state index is 6.74. The highest BCUT2D eigenvalue weighted by atomic mass is 32.2. The molecule has 0 aromatic heterocycles. The second-order valence-electron chi connectivity index (χ2n) is 18.1. The van der Waals surface area contributed by atoms with Crippen molar-refractivity contribution in [2.45, 2.75) is 51.9 Å². The molecule has 65 heavy (non-hydrogen) atoms. The Hall–Kier alpha value is -6.70. The van der Waals surface area contributed by atoms with E-state index in [4.69, 9.17) is 9.47 Å². The van der Waals surface area contributed by atoms with Gasteiger partial charge in [-0.1, -0.05) is 184 Å². The van der Waals surface area contributed by atoms with Crippen molar-refractivity contribution >= 4 is 59.0 Å². The second kappa shape index (κ2) is 15.5. The molecule has 0 amide bonds. The van der Waals surface area contributed by atoms with E-state index in [1.807, 2.05) is 23.9 Å². The summed E-state index contributed by atoms with van der Waals surface area (Å²) in [5.41, 5.74) is 12.8. The Morgan fingerprint density at radius 1 is 0.400 bits per heavy atom. The summed E-state index contributed by atoms with van der Waals surface area (Å²) < 4.78 is 13.3. The van der Waals surface area contributed by atoms with E-state index >= 15 is 0 Å². The van der Waals surface area contributed by atoms with Gasteiger partial charge in [-0.25, -0.2) is 0 Å². The van der Waals surface area contributed by atoms with Gasteiger partial charge in [-0.2, -0.15) is 0 Å². The molecule has 0 N–H and O–H groups in total. The Morgan fingerprint density at radius 2 is 0.877 bits per heavy atom. The van der Waals surface area contributed by atoms with E-state index in [1.165, 1.54) is 42.4 Å². The molecule has 0 saturated carbocycles. The van der Waals surface area contributed by atoms with Crippen LogP contribution < -0.4 is 24.7 Å². The Balaban J connectivity index is 0.927. The minimum Gasteiger partial charge on any atom is -0.457 e. The van der Waals surface area contributed by atoms with E-state index in [-0.39, 0.29) is 5.41 Å². The van der Waals surface area contributed by atoms with Crippen LogP contribution in [0.25, 0.3) is 33.4 Å². The van der Waals surface area contributed by atoms with E-state index in [1.54, 1.807) is 11.8 Å². The summed E-state index contributed by atoms with van der Waals surface area (Å²) >= 11 is 3.65. The molecule has 0 radical (unpaired) electrons. The average Bonchev–Trinajstić information content (AvgIpc) is 3.34. The maximum Gasteiger partial charge on any atom is 0.149 e. The molecule has 3 nitrogen and oxygen atoms in total. The normalized spacial score (nSPS) is 14.5. The largest absolute Gasteiger partial charge is 0.457 e. The van der Waals surface area contributed by atoms with Gasteiger partial charge in [-0.3, -0.25) is 0 Å². The smallest absolute Gasteiger partial charge is 0.149 e. The number of para-hydroxylation sites is 4. The first-order valence-electron chi connectivity index (χ1n) is 22.2. The van der Waals surface area contributed by atoms with Gasteiger partial charge in [0.05, 0.1) is 9.79 Å². The van der Waals surface area contributed by atoms with Crippen LogP contribution in [0.3, 0.4) is 0 Å². The minimum absolute atomic E-state index is 0.0927. The van der Waals surface area contributed by atoms with Gasteiger partial charge in [0, 0.05) is 43.4 Å². The van der Waals surface area contributed by atoms with Crippen LogP contribution in [-0.2, 0) is 5.41 Å². The zero-order valence-corrected chi connectivity index (χ0v) is 39.3.